The fraction of sp³-hybridized carbons (Fsp3) is 0.261. The standard InChI is InChI=1S/C23H24FN5O/c24-18-7-3-2-6-17(18)19-14-27-23(26)22(28-19)21(30)13-15-5-1-4-8-20(15)29-11-9-16(25)10-12-29/h1-8,14,16H,9-13,25H2,(H2,26,27). The Morgan fingerprint density at radius 2 is 1.80 bits per heavy atom. The van der Waals surface area contributed by atoms with Crippen molar-refractivity contribution in [2.45, 2.75) is 25.3 Å². The fourth-order valence-electron chi connectivity index (χ4n) is 3.77. The van der Waals surface area contributed by atoms with Gasteiger partial charge in [0.15, 0.2) is 11.6 Å². The van der Waals surface area contributed by atoms with E-state index in [-0.39, 0.29) is 41.0 Å². The van der Waals surface area contributed by atoms with Crippen molar-refractivity contribution < 1.29 is 9.18 Å². The van der Waals surface area contributed by atoms with Crippen molar-refractivity contribution >= 4 is 17.3 Å². The van der Waals surface area contributed by atoms with E-state index in [0.29, 0.717) is 0 Å². The largest absolute Gasteiger partial charge is 0.382 e. The minimum Gasteiger partial charge on any atom is -0.382 e. The van der Waals surface area contributed by atoms with Crippen LogP contribution >= 0.6 is 0 Å². The van der Waals surface area contributed by atoms with Crippen LogP contribution in [0.3, 0.4) is 0 Å². The highest BCUT2D eigenvalue weighted by molar-refractivity contribution is 6.00. The number of Topliss-reactive ketones (excluding diaryl/α,β-unsaturated/α-hetero) is 1. The highest BCUT2D eigenvalue weighted by Gasteiger charge is 2.21. The minimum absolute atomic E-state index is 0.0431. The lowest BCUT2D eigenvalue weighted by atomic mass is 10.0. The van der Waals surface area contributed by atoms with Crippen LogP contribution in [0.15, 0.2) is 54.7 Å². The fourth-order valence-corrected chi connectivity index (χ4v) is 3.77. The van der Waals surface area contributed by atoms with E-state index in [0.717, 1.165) is 37.2 Å². The molecule has 0 saturated carbocycles. The predicted molar refractivity (Wildman–Crippen MR) is 116 cm³/mol. The first-order chi connectivity index (χ1) is 14.5. The third kappa shape index (κ3) is 4.16. The van der Waals surface area contributed by atoms with Gasteiger partial charge in [-0.05, 0) is 36.6 Å². The van der Waals surface area contributed by atoms with Gasteiger partial charge in [0.25, 0.3) is 0 Å². The maximum atomic E-state index is 14.1. The van der Waals surface area contributed by atoms with Crippen molar-refractivity contribution in [3.05, 3.63) is 71.8 Å². The Kier molecular flexibility index (Phi) is 5.72. The van der Waals surface area contributed by atoms with Gasteiger partial charge in [-0.25, -0.2) is 14.4 Å². The third-order valence-electron chi connectivity index (χ3n) is 5.44. The average molecular weight is 405 g/mol. The molecule has 2 heterocycles. The number of carbonyl (C=O) groups is 1. The number of carbonyl (C=O) groups excluding carboxylic acids is 1. The van der Waals surface area contributed by atoms with Crippen molar-refractivity contribution in [1.29, 1.82) is 0 Å². The van der Waals surface area contributed by atoms with E-state index in [1.165, 1.54) is 12.3 Å². The van der Waals surface area contributed by atoms with Crippen LogP contribution in [-0.4, -0.2) is 34.9 Å². The second kappa shape index (κ2) is 8.59. The molecule has 1 aliphatic heterocycles. The molecule has 30 heavy (non-hydrogen) atoms. The first-order valence-corrected chi connectivity index (χ1v) is 10.0. The number of ketones is 1. The number of piperidine rings is 1. The first-order valence-electron chi connectivity index (χ1n) is 10.0. The number of hydrogen-bond acceptors (Lipinski definition) is 6. The van der Waals surface area contributed by atoms with E-state index >= 15 is 0 Å². The Morgan fingerprint density at radius 3 is 2.57 bits per heavy atom. The molecular weight excluding hydrogens is 381 g/mol. The quantitative estimate of drug-likeness (QED) is 0.633. The van der Waals surface area contributed by atoms with E-state index in [1.807, 2.05) is 24.3 Å². The number of anilines is 2. The smallest absolute Gasteiger partial charge is 0.189 e. The SMILES string of the molecule is Nc1ncc(-c2ccccc2F)nc1C(=O)Cc1ccccc1N1CCC(N)CC1. The molecule has 1 fully saturated rings. The number of nitrogen functional groups attached to an aromatic ring is 1. The van der Waals surface area contributed by atoms with E-state index < -0.39 is 5.82 Å². The number of rotatable bonds is 5. The van der Waals surface area contributed by atoms with Gasteiger partial charge in [-0.1, -0.05) is 30.3 Å². The molecule has 0 bridgehead atoms. The minimum atomic E-state index is -0.427. The highest BCUT2D eigenvalue weighted by atomic mass is 19.1. The predicted octanol–water partition coefficient (Wildman–Crippen LogP) is 3.22. The molecule has 0 radical (unpaired) electrons. The number of hydrogen-bond donors (Lipinski definition) is 2. The summed E-state index contributed by atoms with van der Waals surface area (Å²) in [4.78, 5) is 23.8. The van der Waals surface area contributed by atoms with E-state index in [4.69, 9.17) is 11.5 Å². The number of nitrogens with zero attached hydrogens (tertiary/aromatic N) is 3. The highest BCUT2D eigenvalue weighted by Crippen LogP contribution is 2.26. The van der Waals surface area contributed by atoms with Gasteiger partial charge >= 0.3 is 0 Å². The summed E-state index contributed by atoms with van der Waals surface area (Å²) in [6.07, 6.45) is 3.37. The molecule has 154 valence electrons. The van der Waals surface area contributed by atoms with Crippen molar-refractivity contribution in [2.24, 2.45) is 5.73 Å². The van der Waals surface area contributed by atoms with Gasteiger partial charge in [-0.3, -0.25) is 4.79 Å². The lowest BCUT2D eigenvalue weighted by Gasteiger charge is -2.33. The van der Waals surface area contributed by atoms with Gasteiger partial charge in [0, 0.05) is 36.8 Å². The van der Waals surface area contributed by atoms with Gasteiger partial charge in [-0.15, -0.1) is 0 Å². The number of halogens is 1. The molecule has 2 aromatic carbocycles. The molecule has 0 unspecified atom stereocenters. The van der Waals surface area contributed by atoms with Gasteiger partial charge in [0.1, 0.15) is 11.5 Å². The van der Waals surface area contributed by atoms with Crippen LogP contribution in [-0.2, 0) is 6.42 Å². The summed E-state index contributed by atoms with van der Waals surface area (Å²) in [7, 11) is 0. The summed E-state index contributed by atoms with van der Waals surface area (Å²) in [6.45, 7) is 1.72. The zero-order valence-corrected chi connectivity index (χ0v) is 16.6. The molecule has 0 spiro atoms. The third-order valence-corrected chi connectivity index (χ3v) is 5.44. The lowest BCUT2D eigenvalue weighted by molar-refractivity contribution is 0.0989. The molecule has 1 aromatic heterocycles. The summed E-state index contributed by atoms with van der Waals surface area (Å²) in [5.41, 5.74) is 14.5. The maximum Gasteiger partial charge on any atom is 0.189 e. The van der Waals surface area contributed by atoms with Gasteiger partial charge in [0.2, 0.25) is 0 Å². The molecule has 7 heteroatoms. The van der Waals surface area contributed by atoms with Crippen LogP contribution in [0.2, 0.25) is 0 Å². The zero-order chi connectivity index (χ0) is 21.1. The summed E-state index contributed by atoms with van der Waals surface area (Å²) in [5, 5.41) is 0. The van der Waals surface area contributed by atoms with Crippen LogP contribution in [0.5, 0.6) is 0 Å². The number of nitrogens with two attached hydrogens (primary N) is 2. The molecule has 0 atom stereocenters. The summed E-state index contributed by atoms with van der Waals surface area (Å²) in [6, 6.07) is 14.3. The number of aromatic nitrogens is 2. The molecule has 4 N–H and O–H groups in total. The number of para-hydroxylation sites is 1. The molecule has 6 nitrogen and oxygen atoms in total. The van der Waals surface area contributed by atoms with Crippen molar-refractivity contribution in [2.75, 3.05) is 23.7 Å². The molecule has 0 amide bonds. The maximum absolute atomic E-state index is 14.1. The van der Waals surface area contributed by atoms with Crippen molar-refractivity contribution in [1.82, 2.24) is 9.97 Å². The van der Waals surface area contributed by atoms with Crippen LogP contribution < -0.4 is 16.4 Å². The first kappa shape index (κ1) is 20.0. The molecule has 1 saturated heterocycles. The Morgan fingerprint density at radius 1 is 1.10 bits per heavy atom. The molecule has 0 aliphatic carbocycles. The second-order valence-corrected chi connectivity index (χ2v) is 7.52. The van der Waals surface area contributed by atoms with Gasteiger partial charge in [0.05, 0.1) is 11.9 Å². The van der Waals surface area contributed by atoms with E-state index in [9.17, 15) is 9.18 Å². The van der Waals surface area contributed by atoms with Crippen LogP contribution in [0.4, 0.5) is 15.9 Å². The molecule has 1 aliphatic rings. The summed E-state index contributed by atoms with van der Waals surface area (Å²) < 4.78 is 14.1. The number of benzene rings is 2. The van der Waals surface area contributed by atoms with Crippen molar-refractivity contribution in [3.8, 4) is 11.3 Å². The average Bonchev–Trinajstić information content (AvgIpc) is 2.76. The van der Waals surface area contributed by atoms with Crippen LogP contribution in [0, 0.1) is 5.82 Å². The second-order valence-electron chi connectivity index (χ2n) is 7.52. The van der Waals surface area contributed by atoms with Crippen molar-refractivity contribution in [3.63, 3.8) is 0 Å². The van der Waals surface area contributed by atoms with Crippen LogP contribution in [0.1, 0.15) is 28.9 Å². The zero-order valence-electron chi connectivity index (χ0n) is 16.6. The van der Waals surface area contributed by atoms with Crippen LogP contribution in [0.25, 0.3) is 11.3 Å². The molecule has 3 aromatic rings. The summed E-state index contributed by atoms with van der Waals surface area (Å²) >= 11 is 0. The van der Waals surface area contributed by atoms with E-state index in [1.54, 1.807) is 18.2 Å². The molecular formula is C23H24FN5O. The van der Waals surface area contributed by atoms with Gasteiger partial charge < -0.3 is 16.4 Å². The Balaban J connectivity index is 1.61. The van der Waals surface area contributed by atoms with E-state index in [2.05, 4.69) is 14.9 Å². The normalized spacial score (nSPS) is 14.7. The topological polar surface area (TPSA) is 98.1 Å². The Hall–Kier alpha value is -3.32. The summed E-state index contributed by atoms with van der Waals surface area (Å²) in [5.74, 6) is -0.635. The van der Waals surface area contributed by atoms with Gasteiger partial charge in [-0.2, -0.15) is 0 Å². The lowest BCUT2D eigenvalue weighted by Crippen LogP contribution is -2.40. The monoisotopic (exact) mass is 405 g/mol. The Bertz CT molecular complexity index is 1060. The Labute approximate surface area is 174 Å². The molecule has 4 rings (SSSR count).